The van der Waals surface area contributed by atoms with Crippen molar-refractivity contribution in [3.8, 4) is 0 Å². The van der Waals surface area contributed by atoms with Gasteiger partial charge in [0.1, 0.15) is 24.0 Å². The minimum absolute atomic E-state index is 0.0359. The van der Waals surface area contributed by atoms with E-state index in [1.165, 1.54) is 24.5 Å². The molecule has 2 fully saturated rings. The number of carbonyl (C=O) groups is 3. The van der Waals surface area contributed by atoms with Gasteiger partial charge in [-0.05, 0) is 48.9 Å². The molecule has 2 aliphatic rings. The van der Waals surface area contributed by atoms with E-state index in [1.54, 1.807) is 12.1 Å². The number of anilines is 1. The predicted octanol–water partition coefficient (Wildman–Crippen LogP) is 3.59. The molecule has 10 heteroatoms. The van der Waals surface area contributed by atoms with Gasteiger partial charge in [-0.2, -0.15) is 0 Å². The molecule has 1 atom stereocenters. The second kappa shape index (κ2) is 9.83. The highest BCUT2D eigenvalue weighted by Gasteiger charge is 2.36. The molecule has 5 rings (SSSR count). The zero-order valence-electron chi connectivity index (χ0n) is 18.7. The standard InChI is InChI=1S/C25H22FN5O3S/c26-18-8-3-1-6-16(18)14-21-24(33)31(25(34)35-21)13-11-27-23(32)20-10-5-12-30(20)22-17-7-2-4-9-19(17)28-15-29-22/h1-4,6-9,14-15,20H,5,10-13H2,(H,27,32)/b21-14-. The number of para-hydroxylation sites is 1. The molecule has 0 saturated carbocycles. The summed E-state index contributed by atoms with van der Waals surface area (Å²) >= 11 is 0.765. The quantitative estimate of drug-likeness (QED) is 0.527. The summed E-state index contributed by atoms with van der Waals surface area (Å²) in [6, 6.07) is 13.3. The number of fused-ring (bicyclic) bond motifs is 1. The normalized spacial score (nSPS) is 19.2. The van der Waals surface area contributed by atoms with Crippen molar-refractivity contribution < 1.29 is 18.8 Å². The summed E-state index contributed by atoms with van der Waals surface area (Å²) < 4.78 is 13.9. The molecule has 3 heterocycles. The van der Waals surface area contributed by atoms with Gasteiger partial charge in [0.25, 0.3) is 11.1 Å². The lowest BCUT2D eigenvalue weighted by atomic mass is 10.2. The molecule has 0 radical (unpaired) electrons. The summed E-state index contributed by atoms with van der Waals surface area (Å²) in [5.74, 6) is -0.423. The molecule has 2 aliphatic heterocycles. The molecule has 0 aliphatic carbocycles. The van der Waals surface area contributed by atoms with Gasteiger partial charge in [-0.15, -0.1) is 0 Å². The largest absolute Gasteiger partial charge is 0.353 e. The molecule has 3 amide bonds. The fourth-order valence-electron chi connectivity index (χ4n) is 4.35. The molecule has 2 saturated heterocycles. The maximum Gasteiger partial charge on any atom is 0.293 e. The van der Waals surface area contributed by atoms with E-state index in [1.807, 2.05) is 29.2 Å². The van der Waals surface area contributed by atoms with Crippen LogP contribution in [0.2, 0.25) is 0 Å². The second-order valence-electron chi connectivity index (χ2n) is 8.21. The van der Waals surface area contributed by atoms with Crippen LogP contribution >= 0.6 is 11.8 Å². The first kappa shape index (κ1) is 23.0. The molecule has 2 aromatic carbocycles. The van der Waals surface area contributed by atoms with E-state index in [2.05, 4.69) is 15.3 Å². The molecule has 0 spiro atoms. The van der Waals surface area contributed by atoms with Crippen molar-refractivity contribution in [1.29, 1.82) is 0 Å². The Labute approximate surface area is 205 Å². The number of hydrogen-bond donors (Lipinski definition) is 1. The molecule has 0 bridgehead atoms. The zero-order chi connectivity index (χ0) is 24.4. The van der Waals surface area contributed by atoms with Gasteiger partial charge in [-0.25, -0.2) is 14.4 Å². The Morgan fingerprint density at radius 2 is 1.94 bits per heavy atom. The van der Waals surface area contributed by atoms with Crippen LogP contribution < -0.4 is 10.2 Å². The lowest BCUT2D eigenvalue weighted by Crippen LogP contribution is -2.46. The summed E-state index contributed by atoms with van der Waals surface area (Å²) in [7, 11) is 0. The third-order valence-electron chi connectivity index (χ3n) is 6.05. The number of benzene rings is 2. The van der Waals surface area contributed by atoms with Gasteiger partial charge in [-0.1, -0.05) is 30.3 Å². The number of rotatable bonds is 6. The average Bonchev–Trinajstić information content (AvgIpc) is 3.45. The Kier molecular flexibility index (Phi) is 6.45. The van der Waals surface area contributed by atoms with Gasteiger partial charge in [-0.3, -0.25) is 19.3 Å². The van der Waals surface area contributed by atoms with Crippen LogP contribution in [-0.4, -0.2) is 57.6 Å². The number of thioether (sulfide) groups is 1. The first-order valence-corrected chi connectivity index (χ1v) is 12.1. The summed E-state index contributed by atoms with van der Waals surface area (Å²) in [4.78, 5) is 50.0. The highest BCUT2D eigenvalue weighted by molar-refractivity contribution is 8.18. The van der Waals surface area contributed by atoms with Crippen molar-refractivity contribution in [3.63, 3.8) is 0 Å². The SMILES string of the molecule is O=C(NCCN1C(=O)S/C(=C\c2ccccc2F)C1=O)C1CCCN1c1ncnc2ccccc12. The van der Waals surface area contributed by atoms with E-state index in [-0.39, 0.29) is 29.5 Å². The molecule has 3 aromatic rings. The summed E-state index contributed by atoms with van der Waals surface area (Å²) in [6.45, 7) is 0.857. The number of hydrogen-bond acceptors (Lipinski definition) is 7. The molecular weight excluding hydrogens is 469 g/mol. The number of aromatic nitrogens is 2. The van der Waals surface area contributed by atoms with Crippen molar-refractivity contribution >= 4 is 51.6 Å². The van der Waals surface area contributed by atoms with E-state index in [4.69, 9.17) is 0 Å². The lowest BCUT2D eigenvalue weighted by molar-refractivity contribution is -0.124. The Morgan fingerprint density at radius 3 is 2.80 bits per heavy atom. The van der Waals surface area contributed by atoms with Crippen LogP contribution in [0.15, 0.2) is 59.8 Å². The highest BCUT2D eigenvalue weighted by atomic mass is 32.2. The van der Waals surface area contributed by atoms with Crippen LogP contribution in [0.4, 0.5) is 15.0 Å². The van der Waals surface area contributed by atoms with Gasteiger partial charge in [0, 0.05) is 30.6 Å². The summed E-state index contributed by atoms with van der Waals surface area (Å²) in [5, 5.41) is 3.30. The smallest absolute Gasteiger partial charge is 0.293 e. The maximum atomic E-state index is 13.9. The molecule has 8 nitrogen and oxygen atoms in total. The first-order chi connectivity index (χ1) is 17.0. The maximum absolute atomic E-state index is 13.9. The molecule has 1 unspecified atom stereocenters. The second-order valence-corrected chi connectivity index (χ2v) is 9.20. The lowest BCUT2D eigenvalue weighted by Gasteiger charge is -2.26. The Hall–Kier alpha value is -3.79. The van der Waals surface area contributed by atoms with Crippen molar-refractivity contribution in [3.05, 3.63) is 71.1 Å². The van der Waals surface area contributed by atoms with Gasteiger partial charge >= 0.3 is 0 Å². The molecule has 178 valence electrons. The van der Waals surface area contributed by atoms with Gasteiger partial charge in [0.15, 0.2) is 0 Å². The third-order valence-corrected chi connectivity index (χ3v) is 6.96. The Bertz CT molecular complexity index is 1340. The topological polar surface area (TPSA) is 95.5 Å². The molecule has 1 N–H and O–H groups in total. The van der Waals surface area contributed by atoms with Crippen molar-refractivity contribution in [2.24, 2.45) is 0 Å². The number of nitrogens with zero attached hydrogens (tertiary/aromatic N) is 4. The Morgan fingerprint density at radius 1 is 1.14 bits per heavy atom. The van der Waals surface area contributed by atoms with Crippen LogP contribution in [0.1, 0.15) is 18.4 Å². The molecule has 1 aromatic heterocycles. The monoisotopic (exact) mass is 491 g/mol. The van der Waals surface area contributed by atoms with Gasteiger partial charge in [0.2, 0.25) is 5.91 Å². The van der Waals surface area contributed by atoms with Crippen LogP contribution in [0.25, 0.3) is 17.0 Å². The summed E-state index contributed by atoms with van der Waals surface area (Å²) in [6.07, 6.45) is 4.40. The number of halogens is 1. The number of carbonyl (C=O) groups excluding carboxylic acids is 3. The van der Waals surface area contributed by atoms with Crippen molar-refractivity contribution in [2.75, 3.05) is 24.5 Å². The number of imide groups is 1. The van der Waals surface area contributed by atoms with E-state index in [9.17, 15) is 18.8 Å². The highest BCUT2D eigenvalue weighted by Crippen LogP contribution is 2.32. The zero-order valence-corrected chi connectivity index (χ0v) is 19.5. The first-order valence-electron chi connectivity index (χ1n) is 11.3. The fraction of sp³-hybridized carbons (Fsp3) is 0.240. The minimum atomic E-state index is -0.493. The van der Waals surface area contributed by atoms with E-state index in [0.29, 0.717) is 13.0 Å². The van der Waals surface area contributed by atoms with Crippen LogP contribution in [0.3, 0.4) is 0 Å². The molecular formula is C25H22FN5O3S. The van der Waals surface area contributed by atoms with Gasteiger partial charge in [0.05, 0.1) is 10.4 Å². The van der Waals surface area contributed by atoms with E-state index in [0.717, 1.165) is 39.8 Å². The molecule has 35 heavy (non-hydrogen) atoms. The fourth-order valence-corrected chi connectivity index (χ4v) is 5.20. The van der Waals surface area contributed by atoms with Crippen molar-refractivity contribution in [2.45, 2.75) is 18.9 Å². The van der Waals surface area contributed by atoms with Crippen LogP contribution in [0, 0.1) is 5.82 Å². The van der Waals surface area contributed by atoms with Crippen LogP contribution in [0.5, 0.6) is 0 Å². The Balaban J connectivity index is 1.22. The number of nitrogens with one attached hydrogen (secondary N) is 1. The number of amides is 3. The van der Waals surface area contributed by atoms with E-state index < -0.39 is 23.0 Å². The van der Waals surface area contributed by atoms with Gasteiger partial charge < -0.3 is 10.2 Å². The van der Waals surface area contributed by atoms with Crippen molar-refractivity contribution in [1.82, 2.24) is 20.2 Å². The van der Waals surface area contributed by atoms with E-state index >= 15 is 0 Å². The van der Waals surface area contributed by atoms with Crippen LogP contribution in [-0.2, 0) is 9.59 Å². The predicted molar refractivity (Wildman–Crippen MR) is 132 cm³/mol. The average molecular weight is 492 g/mol. The third kappa shape index (κ3) is 4.61. The summed E-state index contributed by atoms with van der Waals surface area (Å²) in [5.41, 5.74) is 1.05. The minimum Gasteiger partial charge on any atom is -0.353 e.